The molecule has 0 spiro atoms. The van der Waals surface area contributed by atoms with Crippen LogP contribution in [0.25, 0.3) is 0 Å². The molecule has 1 saturated heterocycles. The predicted molar refractivity (Wildman–Crippen MR) is 110 cm³/mol. The zero-order valence-electron chi connectivity index (χ0n) is 16.7. The Bertz CT molecular complexity index is 891. The number of carbonyl (C=O) groups is 2. The third-order valence-corrected chi connectivity index (χ3v) is 6.70. The lowest BCUT2D eigenvalue weighted by Crippen LogP contribution is -2.48. The molecule has 2 aromatic rings. The number of hydrogen-bond donors (Lipinski definition) is 1. The molecule has 0 atom stereocenters. The van der Waals surface area contributed by atoms with Crippen LogP contribution in [0, 0.1) is 19.8 Å². The summed E-state index contributed by atoms with van der Waals surface area (Å²) in [4.78, 5) is 29.7. The highest BCUT2D eigenvalue weighted by atomic mass is 32.1. The first-order valence-corrected chi connectivity index (χ1v) is 10.7. The second-order valence-corrected chi connectivity index (χ2v) is 8.85. The molecule has 4 rings (SSSR count). The number of aryl methyl sites for hydroxylation is 2. The SMILES string of the molecule is Cc1nn(C)c(C)c1CN1CCN(C(=O)c2ccc(NC(=O)C3CC3)s2)CC1. The lowest BCUT2D eigenvalue weighted by molar-refractivity contribution is -0.117. The summed E-state index contributed by atoms with van der Waals surface area (Å²) in [5.74, 6) is 0.308. The highest BCUT2D eigenvalue weighted by Crippen LogP contribution is 2.32. The van der Waals surface area contributed by atoms with E-state index < -0.39 is 0 Å². The lowest BCUT2D eigenvalue weighted by atomic mass is 10.1. The van der Waals surface area contributed by atoms with Crippen LogP contribution in [-0.4, -0.2) is 57.6 Å². The number of thiophene rings is 1. The highest BCUT2D eigenvalue weighted by molar-refractivity contribution is 7.18. The highest BCUT2D eigenvalue weighted by Gasteiger charge is 2.30. The largest absolute Gasteiger partial charge is 0.335 e. The van der Waals surface area contributed by atoms with Crippen molar-refractivity contribution < 1.29 is 9.59 Å². The molecule has 8 heteroatoms. The summed E-state index contributed by atoms with van der Waals surface area (Å²) in [7, 11) is 1.98. The molecule has 1 aliphatic heterocycles. The van der Waals surface area contributed by atoms with Crippen molar-refractivity contribution >= 4 is 28.2 Å². The fourth-order valence-corrected chi connectivity index (χ4v) is 4.50. The maximum absolute atomic E-state index is 12.8. The van der Waals surface area contributed by atoms with Crippen molar-refractivity contribution in [1.29, 1.82) is 0 Å². The number of piperazine rings is 1. The number of anilines is 1. The third-order valence-electron chi connectivity index (χ3n) is 5.71. The fourth-order valence-electron chi connectivity index (χ4n) is 3.62. The Kier molecular flexibility index (Phi) is 5.25. The molecule has 0 unspecified atom stereocenters. The maximum atomic E-state index is 12.8. The van der Waals surface area contributed by atoms with Gasteiger partial charge in [-0.05, 0) is 38.8 Å². The van der Waals surface area contributed by atoms with Crippen molar-refractivity contribution in [3.05, 3.63) is 34.0 Å². The molecule has 1 saturated carbocycles. The van der Waals surface area contributed by atoms with E-state index in [9.17, 15) is 9.59 Å². The second-order valence-electron chi connectivity index (χ2n) is 7.77. The molecule has 1 N–H and O–H groups in total. The summed E-state index contributed by atoms with van der Waals surface area (Å²) >= 11 is 1.37. The van der Waals surface area contributed by atoms with E-state index in [4.69, 9.17) is 0 Å². The molecule has 0 radical (unpaired) electrons. The standard InChI is InChI=1S/C20H27N5O2S/c1-13-16(14(2)23(3)22-13)12-24-8-10-25(11-9-24)20(27)17-6-7-18(28-17)21-19(26)15-4-5-15/h6-7,15H,4-5,8-12H2,1-3H3,(H,21,26). The van der Waals surface area contributed by atoms with E-state index in [0.717, 1.165) is 56.3 Å². The monoisotopic (exact) mass is 401 g/mol. The summed E-state index contributed by atoms with van der Waals surface area (Å²) in [5.41, 5.74) is 3.57. The van der Waals surface area contributed by atoms with E-state index in [-0.39, 0.29) is 17.7 Å². The van der Waals surface area contributed by atoms with Gasteiger partial charge in [0.1, 0.15) is 0 Å². The van der Waals surface area contributed by atoms with Crippen molar-refractivity contribution in [3.63, 3.8) is 0 Å². The zero-order chi connectivity index (χ0) is 19.8. The first-order chi connectivity index (χ1) is 13.4. The number of rotatable bonds is 5. The van der Waals surface area contributed by atoms with Gasteiger partial charge in [-0.1, -0.05) is 0 Å². The summed E-state index contributed by atoms with van der Waals surface area (Å²) in [6, 6.07) is 3.66. The molecule has 0 bridgehead atoms. The molecular weight excluding hydrogens is 374 g/mol. The minimum atomic E-state index is 0.0605. The smallest absolute Gasteiger partial charge is 0.264 e. The molecule has 2 amide bonds. The van der Waals surface area contributed by atoms with Gasteiger partial charge < -0.3 is 10.2 Å². The Balaban J connectivity index is 1.31. The number of hydrogen-bond acceptors (Lipinski definition) is 5. The van der Waals surface area contributed by atoms with Gasteiger partial charge in [-0.15, -0.1) is 11.3 Å². The van der Waals surface area contributed by atoms with Crippen LogP contribution < -0.4 is 5.32 Å². The van der Waals surface area contributed by atoms with Crippen LogP contribution in [0.2, 0.25) is 0 Å². The van der Waals surface area contributed by atoms with Gasteiger partial charge in [0, 0.05) is 56.9 Å². The van der Waals surface area contributed by atoms with Crippen LogP contribution in [0.3, 0.4) is 0 Å². The molecule has 3 heterocycles. The molecule has 1 aliphatic carbocycles. The van der Waals surface area contributed by atoms with Crippen molar-refractivity contribution in [2.45, 2.75) is 33.2 Å². The minimum Gasteiger partial charge on any atom is -0.335 e. The van der Waals surface area contributed by atoms with Crippen LogP contribution in [0.5, 0.6) is 0 Å². The Hall–Kier alpha value is -2.19. The number of nitrogens with zero attached hydrogens (tertiary/aromatic N) is 4. The van der Waals surface area contributed by atoms with Crippen LogP contribution in [0.15, 0.2) is 12.1 Å². The van der Waals surface area contributed by atoms with E-state index in [0.29, 0.717) is 4.88 Å². The van der Waals surface area contributed by atoms with Gasteiger partial charge in [0.25, 0.3) is 5.91 Å². The summed E-state index contributed by atoms with van der Waals surface area (Å²) in [6.45, 7) is 8.19. The molecule has 7 nitrogen and oxygen atoms in total. The van der Waals surface area contributed by atoms with E-state index in [2.05, 4.69) is 29.2 Å². The number of nitrogens with one attached hydrogen (secondary N) is 1. The summed E-state index contributed by atoms with van der Waals surface area (Å²) < 4.78 is 1.93. The van der Waals surface area contributed by atoms with E-state index in [1.807, 2.05) is 28.8 Å². The molecule has 2 fully saturated rings. The molecule has 2 aliphatic rings. The molecule has 150 valence electrons. The van der Waals surface area contributed by atoms with Gasteiger partial charge in [0.15, 0.2) is 0 Å². The van der Waals surface area contributed by atoms with E-state index in [1.54, 1.807) is 0 Å². The fraction of sp³-hybridized carbons (Fsp3) is 0.550. The quantitative estimate of drug-likeness (QED) is 0.835. The Morgan fingerprint density at radius 3 is 2.50 bits per heavy atom. The number of carbonyl (C=O) groups excluding carboxylic acids is 2. The topological polar surface area (TPSA) is 70.5 Å². The van der Waals surface area contributed by atoms with Crippen molar-refractivity contribution in [2.24, 2.45) is 13.0 Å². The van der Waals surface area contributed by atoms with Crippen molar-refractivity contribution in [3.8, 4) is 0 Å². The molecule has 2 aromatic heterocycles. The van der Waals surface area contributed by atoms with E-state index >= 15 is 0 Å². The Morgan fingerprint density at radius 1 is 1.18 bits per heavy atom. The molecule has 28 heavy (non-hydrogen) atoms. The minimum absolute atomic E-state index is 0.0605. The third kappa shape index (κ3) is 3.98. The second kappa shape index (κ2) is 7.67. The maximum Gasteiger partial charge on any atom is 0.264 e. The van der Waals surface area contributed by atoms with Gasteiger partial charge in [-0.3, -0.25) is 19.2 Å². The normalized spacial score (nSPS) is 17.8. The average molecular weight is 402 g/mol. The Morgan fingerprint density at radius 2 is 1.89 bits per heavy atom. The zero-order valence-corrected chi connectivity index (χ0v) is 17.5. The molecule has 0 aromatic carbocycles. The first kappa shape index (κ1) is 19.1. The van der Waals surface area contributed by atoms with Gasteiger partial charge in [0.05, 0.1) is 15.6 Å². The van der Waals surface area contributed by atoms with Crippen molar-refractivity contribution in [1.82, 2.24) is 19.6 Å². The predicted octanol–water partition coefficient (Wildman–Crippen LogP) is 2.40. The summed E-state index contributed by atoms with van der Waals surface area (Å²) in [6.07, 6.45) is 1.96. The van der Waals surface area contributed by atoms with Gasteiger partial charge >= 0.3 is 0 Å². The number of amides is 2. The summed E-state index contributed by atoms with van der Waals surface area (Å²) in [5, 5.41) is 8.18. The Labute approximate surface area is 169 Å². The molecular formula is C20H27N5O2S. The van der Waals surface area contributed by atoms with Gasteiger partial charge in [-0.25, -0.2) is 0 Å². The van der Waals surface area contributed by atoms with Crippen LogP contribution in [-0.2, 0) is 18.4 Å². The number of aromatic nitrogens is 2. The van der Waals surface area contributed by atoms with Gasteiger partial charge in [0.2, 0.25) is 5.91 Å². The van der Waals surface area contributed by atoms with Crippen LogP contribution in [0.4, 0.5) is 5.00 Å². The van der Waals surface area contributed by atoms with Crippen molar-refractivity contribution in [2.75, 3.05) is 31.5 Å². The first-order valence-electron chi connectivity index (χ1n) is 9.84. The van der Waals surface area contributed by atoms with E-state index in [1.165, 1.54) is 22.6 Å². The van der Waals surface area contributed by atoms with Crippen LogP contribution in [0.1, 0.15) is 39.5 Å². The lowest BCUT2D eigenvalue weighted by Gasteiger charge is -2.34. The average Bonchev–Trinajstić information content (AvgIpc) is 3.39. The van der Waals surface area contributed by atoms with Gasteiger partial charge in [-0.2, -0.15) is 5.10 Å². The van der Waals surface area contributed by atoms with Crippen LogP contribution >= 0.6 is 11.3 Å².